The molecule has 1 radical (unpaired) electrons. The predicted octanol–water partition coefficient (Wildman–Crippen LogP) is 5.69. The molecule has 0 aromatic rings. The van der Waals surface area contributed by atoms with E-state index >= 15 is 0 Å². The SMILES string of the molecule is [CH2]CC=CCCCCCCCCCCC. The highest BCUT2D eigenvalue weighted by molar-refractivity contribution is 4.81. The molecule has 0 unspecified atom stereocenters. The molecule has 89 valence electrons. The summed E-state index contributed by atoms with van der Waals surface area (Å²) in [6, 6.07) is 0. The van der Waals surface area contributed by atoms with Gasteiger partial charge in [0.2, 0.25) is 0 Å². The van der Waals surface area contributed by atoms with Gasteiger partial charge in [-0.05, 0) is 26.2 Å². The number of unbranched alkanes of at least 4 members (excludes halogenated alkanes) is 9. The quantitative estimate of drug-likeness (QED) is 0.303. The minimum Gasteiger partial charge on any atom is -0.0885 e. The molecular weight excluding hydrogens is 180 g/mol. The monoisotopic (exact) mass is 209 g/mol. The van der Waals surface area contributed by atoms with Gasteiger partial charge >= 0.3 is 0 Å². The normalized spacial score (nSPS) is 11.3. The van der Waals surface area contributed by atoms with Crippen LogP contribution in [0.1, 0.15) is 77.6 Å². The van der Waals surface area contributed by atoms with Crippen molar-refractivity contribution in [3.8, 4) is 0 Å². The zero-order valence-corrected chi connectivity index (χ0v) is 10.6. The van der Waals surface area contributed by atoms with E-state index < -0.39 is 0 Å². The average molecular weight is 209 g/mol. The van der Waals surface area contributed by atoms with Crippen LogP contribution in [0.2, 0.25) is 0 Å². The van der Waals surface area contributed by atoms with Crippen LogP contribution in [-0.4, -0.2) is 0 Å². The van der Waals surface area contributed by atoms with Crippen LogP contribution in [0.3, 0.4) is 0 Å². The molecule has 0 aromatic carbocycles. The van der Waals surface area contributed by atoms with Gasteiger partial charge in [0.05, 0.1) is 0 Å². The van der Waals surface area contributed by atoms with Crippen molar-refractivity contribution in [1.29, 1.82) is 0 Å². The van der Waals surface area contributed by atoms with Crippen molar-refractivity contribution in [2.45, 2.75) is 77.6 Å². The minimum absolute atomic E-state index is 0.942. The van der Waals surface area contributed by atoms with Crippen molar-refractivity contribution in [2.24, 2.45) is 0 Å². The van der Waals surface area contributed by atoms with E-state index in [0.29, 0.717) is 0 Å². The topological polar surface area (TPSA) is 0 Å². The van der Waals surface area contributed by atoms with Gasteiger partial charge < -0.3 is 0 Å². The van der Waals surface area contributed by atoms with Crippen molar-refractivity contribution in [1.82, 2.24) is 0 Å². The zero-order valence-electron chi connectivity index (χ0n) is 10.6. The standard InChI is InChI=1S/C15H29/c1-3-5-7-9-11-13-15-14-12-10-8-6-4-2/h5,7H,1,3-4,6,8-15H2,2H3. The van der Waals surface area contributed by atoms with Crippen molar-refractivity contribution in [3.63, 3.8) is 0 Å². The molecule has 0 saturated heterocycles. The molecule has 0 rings (SSSR count). The third-order valence-electron chi connectivity index (χ3n) is 2.81. The Labute approximate surface area is 97.2 Å². The van der Waals surface area contributed by atoms with E-state index in [1.54, 1.807) is 0 Å². The summed E-state index contributed by atoms with van der Waals surface area (Å²) in [5.74, 6) is 0. The van der Waals surface area contributed by atoms with Gasteiger partial charge in [-0.1, -0.05) is 70.4 Å². The van der Waals surface area contributed by atoms with Gasteiger partial charge in [0.15, 0.2) is 0 Å². The zero-order chi connectivity index (χ0) is 11.2. The molecule has 0 aliphatic heterocycles. The number of rotatable bonds is 11. The Morgan fingerprint density at radius 2 is 1.27 bits per heavy atom. The van der Waals surface area contributed by atoms with Gasteiger partial charge in [-0.25, -0.2) is 0 Å². The van der Waals surface area contributed by atoms with Gasteiger partial charge in [-0.3, -0.25) is 0 Å². The molecule has 0 heteroatoms. The van der Waals surface area contributed by atoms with Crippen LogP contribution in [0, 0.1) is 6.92 Å². The van der Waals surface area contributed by atoms with Crippen molar-refractivity contribution in [3.05, 3.63) is 19.1 Å². The fraction of sp³-hybridized carbons (Fsp3) is 0.800. The first-order chi connectivity index (χ1) is 7.41. The van der Waals surface area contributed by atoms with Crippen LogP contribution in [0.25, 0.3) is 0 Å². The minimum atomic E-state index is 0.942. The molecule has 0 heterocycles. The lowest BCUT2D eigenvalue weighted by atomic mass is 10.1. The lowest BCUT2D eigenvalue weighted by Gasteiger charge is -2.00. The van der Waals surface area contributed by atoms with Crippen molar-refractivity contribution >= 4 is 0 Å². The second-order valence-electron chi connectivity index (χ2n) is 4.38. The first-order valence-corrected chi connectivity index (χ1v) is 6.86. The van der Waals surface area contributed by atoms with Gasteiger partial charge in [0.25, 0.3) is 0 Å². The highest BCUT2D eigenvalue weighted by Crippen LogP contribution is 2.10. The maximum Gasteiger partial charge on any atom is -0.0351 e. The Morgan fingerprint density at radius 3 is 1.80 bits per heavy atom. The smallest absolute Gasteiger partial charge is 0.0351 e. The highest BCUT2D eigenvalue weighted by Gasteiger charge is 1.90. The molecule has 0 bridgehead atoms. The van der Waals surface area contributed by atoms with E-state index in [1.807, 2.05) is 0 Å². The summed E-state index contributed by atoms with van der Waals surface area (Å²) in [6.45, 7) is 6.06. The van der Waals surface area contributed by atoms with E-state index in [9.17, 15) is 0 Å². The molecule has 0 saturated carbocycles. The van der Waals surface area contributed by atoms with Crippen LogP contribution >= 0.6 is 0 Å². The highest BCUT2D eigenvalue weighted by atomic mass is 14.0. The summed E-state index contributed by atoms with van der Waals surface area (Å²) in [6.07, 6.45) is 19.4. The molecular formula is C15H29. The summed E-state index contributed by atoms with van der Waals surface area (Å²) < 4.78 is 0. The van der Waals surface area contributed by atoms with E-state index in [2.05, 4.69) is 26.0 Å². The number of allylic oxidation sites excluding steroid dienone is 2. The van der Waals surface area contributed by atoms with E-state index in [1.165, 1.54) is 64.2 Å². The fourth-order valence-corrected chi connectivity index (χ4v) is 1.81. The summed E-state index contributed by atoms with van der Waals surface area (Å²) >= 11 is 0. The van der Waals surface area contributed by atoms with Crippen LogP contribution < -0.4 is 0 Å². The summed E-state index contributed by atoms with van der Waals surface area (Å²) in [5, 5.41) is 0. The lowest BCUT2D eigenvalue weighted by molar-refractivity contribution is 0.566. The number of hydrogen-bond acceptors (Lipinski definition) is 0. The second kappa shape index (κ2) is 13.7. The lowest BCUT2D eigenvalue weighted by Crippen LogP contribution is -1.80. The molecule has 15 heavy (non-hydrogen) atoms. The fourth-order valence-electron chi connectivity index (χ4n) is 1.81. The van der Waals surface area contributed by atoms with Gasteiger partial charge in [0, 0.05) is 0 Å². The Kier molecular flexibility index (Phi) is 13.5. The maximum absolute atomic E-state index is 3.78. The first kappa shape index (κ1) is 14.7. The van der Waals surface area contributed by atoms with Crippen LogP contribution in [0.5, 0.6) is 0 Å². The third kappa shape index (κ3) is 13.7. The number of hydrogen-bond donors (Lipinski definition) is 0. The van der Waals surface area contributed by atoms with Gasteiger partial charge in [-0.15, -0.1) is 0 Å². The molecule has 0 nitrogen and oxygen atoms in total. The summed E-state index contributed by atoms with van der Waals surface area (Å²) in [4.78, 5) is 0. The van der Waals surface area contributed by atoms with E-state index in [-0.39, 0.29) is 0 Å². The Bertz CT molecular complexity index is 124. The van der Waals surface area contributed by atoms with E-state index in [4.69, 9.17) is 0 Å². The Balaban J connectivity index is 2.89. The molecule has 0 atom stereocenters. The average Bonchev–Trinajstić information content (AvgIpc) is 2.26. The Hall–Kier alpha value is -0.260. The Morgan fingerprint density at radius 1 is 0.733 bits per heavy atom. The largest absolute Gasteiger partial charge is 0.0885 e. The molecule has 0 fully saturated rings. The van der Waals surface area contributed by atoms with Crippen molar-refractivity contribution < 1.29 is 0 Å². The van der Waals surface area contributed by atoms with Crippen LogP contribution in [-0.2, 0) is 0 Å². The molecule has 0 N–H and O–H groups in total. The van der Waals surface area contributed by atoms with Gasteiger partial charge in [0.1, 0.15) is 0 Å². The molecule has 0 aromatic heterocycles. The first-order valence-electron chi connectivity index (χ1n) is 6.86. The van der Waals surface area contributed by atoms with Gasteiger partial charge in [-0.2, -0.15) is 0 Å². The van der Waals surface area contributed by atoms with Crippen LogP contribution in [0.4, 0.5) is 0 Å². The molecule has 0 amide bonds. The second-order valence-corrected chi connectivity index (χ2v) is 4.38. The summed E-state index contributed by atoms with van der Waals surface area (Å²) in [5.41, 5.74) is 0. The van der Waals surface area contributed by atoms with Crippen molar-refractivity contribution in [2.75, 3.05) is 0 Å². The summed E-state index contributed by atoms with van der Waals surface area (Å²) in [7, 11) is 0. The molecule has 0 aliphatic rings. The molecule has 0 aliphatic carbocycles. The van der Waals surface area contributed by atoms with E-state index in [0.717, 1.165) is 6.42 Å². The van der Waals surface area contributed by atoms with Crippen LogP contribution in [0.15, 0.2) is 12.2 Å². The maximum atomic E-state index is 3.78. The molecule has 0 spiro atoms. The predicted molar refractivity (Wildman–Crippen MR) is 71.0 cm³/mol. The third-order valence-corrected chi connectivity index (χ3v) is 2.81.